The van der Waals surface area contributed by atoms with Gasteiger partial charge in [0.1, 0.15) is 18.2 Å². The molecule has 5 nitrogen and oxygen atoms in total. The number of ether oxygens (including phenoxy) is 1. The summed E-state index contributed by atoms with van der Waals surface area (Å²) in [7, 11) is 0. The van der Waals surface area contributed by atoms with E-state index in [1.54, 1.807) is 24.4 Å². The van der Waals surface area contributed by atoms with E-state index in [4.69, 9.17) is 21.3 Å². The fourth-order valence-electron chi connectivity index (χ4n) is 4.14. The first-order valence-electron chi connectivity index (χ1n) is 11.7. The number of halogens is 2. The molecule has 4 aromatic carbocycles. The first-order chi connectivity index (χ1) is 17.5. The van der Waals surface area contributed by atoms with Gasteiger partial charge in [0.2, 0.25) is 0 Å². The zero-order valence-corrected chi connectivity index (χ0v) is 22.0. The van der Waals surface area contributed by atoms with Crippen LogP contribution in [0.15, 0.2) is 93.2 Å². The summed E-state index contributed by atoms with van der Waals surface area (Å²) in [6.45, 7) is 2.43. The normalized spacial score (nSPS) is 11.5. The van der Waals surface area contributed by atoms with Gasteiger partial charge in [-0.05, 0) is 59.2 Å². The van der Waals surface area contributed by atoms with Crippen molar-refractivity contribution in [3.63, 3.8) is 0 Å². The van der Waals surface area contributed by atoms with Crippen LogP contribution < -0.4 is 10.3 Å². The van der Waals surface area contributed by atoms with Crippen LogP contribution in [-0.2, 0) is 13.0 Å². The summed E-state index contributed by atoms with van der Waals surface area (Å²) in [4.78, 5) is 18.0. The molecule has 36 heavy (non-hydrogen) atoms. The molecule has 0 saturated heterocycles. The highest BCUT2D eigenvalue weighted by Crippen LogP contribution is 2.25. The highest BCUT2D eigenvalue weighted by molar-refractivity contribution is 9.10. The van der Waals surface area contributed by atoms with Crippen LogP contribution in [0.3, 0.4) is 0 Å². The van der Waals surface area contributed by atoms with Crippen molar-refractivity contribution >= 4 is 55.4 Å². The van der Waals surface area contributed by atoms with Gasteiger partial charge in [0.05, 0.1) is 17.1 Å². The SMILES string of the molecule is CCCc1nc2ccc(Br)cc2c(=O)n1N=Cc1cc(Cl)ccc1OCc1cccc2ccccc12. The number of hydrogen-bond donors (Lipinski definition) is 0. The van der Waals surface area contributed by atoms with Gasteiger partial charge >= 0.3 is 0 Å². The van der Waals surface area contributed by atoms with Gasteiger partial charge in [-0.15, -0.1) is 0 Å². The van der Waals surface area contributed by atoms with Crippen LogP contribution >= 0.6 is 27.5 Å². The fraction of sp³-hybridized carbons (Fsp3) is 0.138. The summed E-state index contributed by atoms with van der Waals surface area (Å²) >= 11 is 9.74. The first-order valence-corrected chi connectivity index (χ1v) is 12.8. The van der Waals surface area contributed by atoms with Crippen LogP contribution in [0.1, 0.15) is 30.3 Å². The largest absolute Gasteiger partial charge is 0.488 e. The molecule has 5 aromatic rings. The minimum Gasteiger partial charge on any atom is -0.488 e. The molecule has 7 heteroatoms. The van der Waals surface area contributed by atoms with Crippen molar-refractivity contribution in [1.29, 1.82) is 0 Å². The molecule has 0 saturated carbocycles. The lowest BCUT2D eigenvalue weighted by molar-refractivity contribution is 0.307. The third-order valence-electron chi connectivity index (χ3n) is 5.90. The molecule has 180 valence electrons. The van der Waals surface area contributed by atoms with Crippen LogP contribution in [0.4, 0.5) is 0 Å². The summed E-state index contributed by atoms with van der Waals surface area (Å²) < 4.78 is 8.39. The van der Waals surface area contributed by atoms with E-state index in [0.29, 0.717) is 46.1 Å². The Balaban J connectivity index is 1.51. The van der Waals surface area contributed by atoms with Gasteiger partial charge in [-0.1, -0.05) is 76.9 Å². The van der Waals surface area contributed by atoms with Crippen molar-refractivity contribution in [1.82, 2.24) is 9.66 Å². The highest BCUT2D eigenvalue weighted by Gasteiger charge is 2.11. The molecule has 0 aliphatic rings. The minimum atomic E-state index is -0.221. The van der Waals surface area contributed by atoms with Gasteiger partial charge < -0.3 is 4.74 Å². The number of rotatable bonds is 7. The molecule has 0 radical (unpaired) electrons. The number of nitrogens with zero attached hydrogens (tertiary/aromatic N) is 3. The Labute approximate surface area is 222 Å². The van der Waals surface area contributed by atoms with Gasteiger partial charge in [-0.25, -0.2) is 4.98 Å². The van der Waals surface area contributed by atoms with Crippen molar-refractivity contribution in [2.75, 3.05) is 0 Å². The Bertz CT molecular complexity index is 1660. The molecule has 1 heterocycles. The third-order valence-corrected chi connectivity index (χ3v) is 6.62. The van der Waals surface area contributed by atoms with E-state index in [2.05, 4.69) is 45.3 Å². The van der Waals surface area contributed by atoms with Crippen LogP contribution in [-0.4, -0.2) is 15.9 Å². The number of benzene rings is 4. The summed E-state index contributed by atoms with van der Waals surface area (Å²) in [5.74, 6) is 1.23. The predicted molar refractivity (Wildman–Crippen MR) is 150 cm³/mol. The average molecular weight is 561 g/mol. The Hall–Kier alpha value is -3.48. The molecule has 0 bridgehead atoms. The second-order valence-electron chi connectivity index (χ2n) is 8.41. The molecule has 0 atom stereocenters. The number of aryl methyl sites for hydroxylation is 1. The smallest absolute Gasteiger partial charge is 0.282 e. The van der Waals surface area contributed by atoms with E-state index in [1.807, 2.05) is 43.3 Å². The van der Waals surface area contributed by atoms with Crippen molar-refractivity contribution in [3.05, 3.63) is 116 Å². The molecular weight excluding hydrogens is 538 g/mol. The standard InChI is InChI=1S/C29H23BrClN3O2/c1-2-6-28-33-26-13-11-22(30)16-25(26)29(35)34(28)32-17-21-15-23(31)12-14-27(21)36-18-20-9-5-8-19-7-3-4-10-24(19)20/h3-5,7-17H,2,6,18H2,1H3. The van der Waals surface area contributed by atoms with Crippen molar-refractivity contribution in [2.24, 2.45) is 5.10 Å². The van der Waals surface area contributed by atoms with E-state index in [1.165, 1.54) is 4.68 Å². The van der Waals surface area contributed by atoms with Crippen molar-refractivity contribution in [3.8, 4) is 5.75 Å². The van der Waals surface area contributed by atoms with Gasteiger partial charge in [-0.3, -0.25) is 4.79 Å². The molecule has 0 unspecified atom stereocenters. The van der Waals surface area contributed by atoms with Gasteiger partial charge in [0, 0.05) is 21.5 Å². The topological polar surface area (TPSA) is 56.5 Å². The maximum absolute atomic E-state index is 13.3. The minimum absolute atomic E-state index is 0.221. The maximum atomic E-state index is 13.3. The summed E-state index contributed by atoms with van der Waals surface area (Å²) in [5, 5.41) is 7.90. The van der Waals surface area contributed by atoms with Crippen LogP contribution in [0.25, 0.3) is 21.7 Å². The Morgan fingerprint density at radius 2 is 1.86 bits per heavy atom. The first kappa shape index (κ1) is 24.2. The summed E-state index contributed by atoms with van der Waals surface area (Å²) in [6, 6.07) is 25.2. The van der Waals surface area contributed by atoms with E-state index in [-0.39, 0.29) is 5.56 Å². The maximum Gasteiger partial charge on any atom is 0.282 e. The quantitative estimate of drug-likeness (QED) is 0.195. The highest BCUT2D eigenvalue weighted by atomic mass is 79.9. The molecule has 0 amide bonds. The predicted octanol–water partition coefficient (Wildman–Crippen LogP) is 7.38. The van der Waals surface area contributed by atoms with Crippen molar-refractivity contribution < 1.29 is 4.74 Å². The van der Waals surface area contributed by atoms with Crippen molar-refractivity contribution in [2.45, 2.75) is 26.4 Å². The number of aromatic nitrogens is 2. The van der Waals surface area contributed by atoms with Gasteiger partial charge in [0.25, 0.3) is 5.56 Å². The second-order valence-corrected chi connectivity index (χ2v) is 9.76. The number of hydrogen-bond acceptors (Lipinski definition) is 4. The molecule has 0 N–H and O–H groups in total. The van der Waals surface area contributed by atoms with Crippen LogP contribution in [0, 0.1) is 0 Å². The van der Waals surface area contributed by atoms with Gasteiger partial charge in [-0.2, -0.15) is 9.78 Å². The van der Waals surface area contributed by atoms with Crippen LogP contribution in [0.2, 0.25) is 5.02 Å². The van der Waals surface area contributed by atoms with E-state index in [9.17, 15) is 4.79 Å². The molecule has 5 rings (SSSR count). The van der Waals surface area contributed by atoms with Gasteiger partial charge in [0.15, 0.2) is 0 Å². The zero-order chi connectivity index (χ0) is 25.1. The lowest BCUT2D eigenvalue weighted by atomic mass is 10.1. The molecule has 0 spiro atoms. The van der Waals surface area contributed by atoms with Crippen LogP contribution in [0.5, 0.6) is 5.75 Å². The average Bonchev–Trinajstić information content (AvgIpc) is 2.88. The second kappa shape index (κ2) is 10.6. The van der Waals surface area contributed by atoms with E-state index < -0.39 is 0 Å². The monoisotopic (exact) mass is 559 g/mol. The lowest BCUT2D eigenvalue weighted by Gasteiger charge is -2.12. The van der Waals surface area contributed by atoms with E-state index in [0.717, 1.165) is 27.2 Å². The molecule has 0 aliphatic heterocycles. The third kappa shape index (κ3) is 5.06. The lowest BCUT2D eigenvalue weighted by Crippen LogP contribution is -2.22. The molecule has 1 aromatic heterocycles. The van der Waals surface area contributed by atoms with E-state index >= 15 is 0 Å². The Kier molecular flexibility index (Phi) is 7.16. The molecular formula is C29H23BrClN3O2. The number of fused-ring (bicyclic) bond motifs is 2. The Morgan fingerprint density at radius 1 is 1.03 bits per heavy atom. The summed E-state index contributed by atoms with van der Waals surface area (Å²) in [5.41, 5.74) is 2.18. The molecule has 0 aliphatic carbocycles. The summed E-state index contributed by atoms with van der Waals surface area (Å²) in [6.07, 6.45) is 3.06. The zero-order valence-electron chi connectivity index (χ0n) is 19.6. The Morgan fingerprint density at radius 3 is 2.72 bits per heavy atom. The fourth-order valence-corrected chi connectivity index (χ4v) is 4.69. The molecule has 0 fully saturated rings.